The van der Waals surface area contributed by atoms with Crippen molar-refractivity contribution >= 4 is 17.8 Å². The SMILES string of the molecule is CCOC(=O)CCCNC(=O)COC(=O)c1ccc(C)c(OC)c1. The van der Waals surface area contributed by atoms with E-state index in [-0.39, 0.29) is 19.0 Å². The van der Waals surface area contributed by atoms with Crippen molar-refractivity contribution in [3.05, 3.63) is 29.3 Å². The van der Waals surface area contributed by atoms with Crippen LogP contribution >= 0.6 is 0 Å². The van der Waals surface area contributed by atoms with Gasteiger partial charge < -0.3 is 19.5 Å². The van der Waals surface area contributed by atoms with Gasteiger partial charge in [-0.05, 0) is 38.0 Å². The molecule has 1 aromatic rings. The van der Waals surface area contributed by atoms with Gasteiger partial charge in [0.15, 0.2) is 6.61 Å². The number of ether oxygens (including phenoxy) is 3. The molecule has 1 rings (SSSR count). The average Bonchev–Trinajstić information content (AvgIpc) is 2.57. The number of methoxy groups -OCH3 is 1. The number of aryl methyl sites for hydroxylation is 1. The van der Waals surface area contributed by atoms with E-state index in [1.807, 2.05) is 6.92 Å². The Kier molecular flexibility index (Phi) is 8.32. The van der Waals surface area contributed by atoms with Crippen molar-refractivity contribution in [3.63, 3.8) is 0 Å². The minimum Gasteiger partial charge on any atom is -0.496 e. The lowest BCUT2D eigenvalue weighted by atomic mass is 10.1. The van der Waals surface area contributed by atoms with Gasteiger partial charge in [0.25, 0.3) is 5.91 Å². The summed E-state index contributed by atoms with van der Waals surface area (Å²) < 4.78 is 14.9. The normalized spacial score (nSPS) is 9.96. The summed E-state index contributed by atoms with van der Waals surface area (Å²) in [6, 6.07) is 4.91. The van der Waals surface area contributed by atoms with E-state index < -0.39 is 11.9 Å². The van der Waals surface area contributed by atoms with E-state index in [1.54, 1.807) is 25.1 Å². The van der Waals surface area contributed by atoms with Crippen LogP contribution in [0.4, 0.5) is 0 Å². The van der Waals surface area contributed by atoms with Gasteiger partial charge in [-0.25, -0.2) is 4.79 Å². The molecule has 1 aromatic carbocycles. The zero-order valence-electron chi connectivity index (χ0n) is 14.2. The number of carbonyl (C=O) groups excluding carboxylic acids is 3. The third-order valence-electron chi connectivity index (χ3n) is 3.16. The Labute approximate surface area is 141 Å². The van der Waals surface area contributed by atoms with E-state index in [9.17, 15) is 14.4 Å². The Morgan fingerprint density at radius 3 is 2.58 bits per heavy atom. The average molecular weight is 337 g/mol. The molecule has 0 radical (unpaired) electrons. The quantitative estimate of drug-likeness (QED) is 0.544. The van der Waals surface area contributed by atoms with Gasteiger partial charge in [-0.3, -0.25) is 9.59 Å². The summed E-state index contributed by atoms with van der Waals surface area (Å²) in [4.78, 5) is 34.6. The lowest BCUT2D eigenvalue weighted by Crippen LogP contribution is -2.30. The largest absolute Gasteiger partial charge is 0.496 e. The summed E-state index contributed by atoms with van der Waals surface area (Å²) in [5.74, 6) is -0.749. The van der Waals surface area contributed by atoms with E-state index >= 15 is 0 Å². The van der Waals surface area contributed by atoms with Gasteiger partial charge in [0.2, 0.25) is 0 Å². The molecule has 1 N–H and O–H groups in total. The first-order valence-electron chi connectivity index (χ1n) is 7.72. The summed E-state index contributed by atoms with van der Waals surface area (Å²) >= 11 is 0. The van der Waals surface area contributed by atoms with Crippen LogP contribution in [0.15, 0.2) is 18.2 Å². The molecule has 0 aliphatic rings. The van der Waals surface area contributed by atoms with Gasteiger partial charge in [0.1, 0.15) is 5.75 Å². The van der Waals surface area contributed by atoms with Crippen molar-refractivity contribution in [1.82, 2.24) is 5.32 Å². The summed E-state index contributed by atoms with van der Waals surface area (Å²) in [5, 5.41) is 2.57. The van der Waals surface area contributed by atoms with Crippen LogP contribution in [0, 0.1) is 6.92 Å². The second-order valence-corrected chi connectivity index (χ2v) is 5.02. The van der Waals surface area contributed by atoms with Gasteiger partial charge in [0.05, 0.1) is 19.3 Å². The van der Waals surface area contributed by atoms with Crippen LogP contribution < -0.4 is 10.1 Å². The van der Waals surface area contributed by atoms with Gasteiger partial charge in [-0.1, -0.05) is 6.07 Å². The molecule has 24 heavy (non-hydrogen) atoms. The van der Waals surface area contributed by atoms with E-state index in [2.05, 4.69) is 5.32 Å². The molecule has 7 heteroatoms. The maximum atomic E-state index is 11.9. The third kappa shape index (κ3) is 6.68. The second-order valence-electron chi connectivity index (χ2n) is 5.02. The molecule has 0 saturated heterocycles. The number of nitrogens with one attached hydrogen (secondary N) is 1. The lowest BCUT2D eigenvalue weighted by molar-refractivity contribution is -0.143. The maximum absolute atomic E-state index is 11.9. The van der Waals surface area contributed by atoms with Crippen LogP contribution in [0.1, 0.15) is 35.7 Å². The first-order chi connectivity index (χ1) is 11.5. The standard InChI is InChI=1S/C17H23NO6/c1-4-23-16(20)6-5-9-18-15(19)11-24-17(21)13-8-7-12(2)14(10-13)22-3/h7-8,10H,4-6,9,11H2,1-3H3,(H,18,19). The molecule has 0 spiro atoms. The fraction of sp³-hybridized carbons (Fsp3) is 0.471. The van der Waals surface area contributed by atoms with Crippen LogP contribution in [-0.4, -0.2) is 44.7 Å². The molecule has 0 bridgehead atoms. The highest BCUT2D eigenvalue weighted by atomic mass is 16.5. The van der Waals surface area contributed by atoms with Gasteiger partial charge in [0, 0.05) is 13.0 Å². The fourth-order valence-electron chi connectivity index (χ4n) is 1.91. The highest BCUT2D eigenvalue weighted by Gasteiger charge is 2.12. The topological polar surface area (TPSA) is 90.9 Å². The molecule has 0 unspecified atom stereocenters. The molecule has 132 valence electrons. The van der Waals surface area contributed by atoms with Crippen molar-refractivity contribution in [2.45, 2.75) is 26.7 Å². The highest BCUT2D eigenvalue weighted by molar-refractivity contribution is 5.91. The van der Waals surface area contributed by atoms with Crippen molar-refractivity contribution in [1.29, 1.82) is 0 Å². The minimum atomic E-state index is -0.602. The maximum Gasteiger partial charge on any atom is 0.338 e. The first kappa shape index (κ1) is 19.5. The van der Waals surface area contributed by atoms with Crippen LogP contribution in [0.5, 0.6) is 5.75 Å². The summed E-state index contributed by atoms with van der Waals surface area (Å²) in [6.45, 7) is 3.86. The number of carbonyl (C=O) groups is 3. The number of hydrogen-bond donors (Lipinski definition) is 1. The minimum absolute atomic E-state index is 0.233. The predicted molar refractivity (Wildman–Crippen MR) is 86.9 cm³/mol. The molecular weight excluding hydrogens is 314 g/mol. The highest BCUT2D eigenvalue weighted by Crippen LogP contribution is 2.19. The molecular formula is C17H23NO6. The molecule has 1 amide bonds. The van der Waals surface area contributed by atoms with Gasteiger partial charge >= 0.3 is 11.9 Å². The Morgan fingerprint density at radius 1 is 1.17 bits per heavy atom. The van der Waals surface area contributed by atoms with Crippen molar-refractivity contribution in [2.75, 3.05) is 26.9 Å². The Balaban J connectivity index is 2.31. The fourth-order valence-corrected chi connectivity index (χ4v) is 1.91. The predicted octanol–water partition coefficient (Wildman–Crippen LogP) is 1.62. The first-order valence-corrected chi connectivity index (χ1v) is 7.72. The lowest BCUT2D eigenvalue weighted by Gasteiger charge is -2.08. The Bertz CT molecular complexity index is 584. The molecule has 7 nitrogen and oxygen atoms in total. The number of benzene rings is 1. The van der Waals surface area contributed by atoms with Gasteiger partial charge in [-0.2, -0.15) is 0 Å². The van der Waals surface area contributed by atoms with E-state index in [4.69, 9.17) is 14.2 Å². The molecule has 0 aliphatic heterocycles. The van der Waals surface area contributed by atoms with Crippen molar-refractivity contribution in [3.8, 4) is 5.75 Å². The van der Waals surface area contributed by atoms with E-state index in [0.717, 1.165) is 5.56 Å². The van der Waals surface area contributed by atoms with E-state index in [0.29, 0.717) is 30.9 Å². The molecule has 0 aromatic heterocycles. The molecule has 0 atom stereocenters. The van der Waals surface area contributed by atoms with Crippen molar-refractivity contribution < 1.29 is 28.6 Å². The van der Waals surface area contributed by atoms with Crippen molar-refractivity contribution in [2.24, 2.45) is 0 Å². The molecule has 0 heterocycles. The smallest absolute Gasteiger partial charge is 0.338 e. The second kappa shape index (κ2) is 10.3. The number of amides is 1. The summed E-state index contributed by atoms with van der Waals surface area (Å²) in [7, 11) is 1.52. The van der Waals surface area contributed by atoms with Crippen LogP contribution in [0.3, 0.4) is 0 Å². The summed E-state index contributed by atoms with van der Waals surface area (Å²) in [6.07, 6.45) is 0.699. The molecule has 0 aliphatic carbocycles. The zero-order valence-corrected chi connectivity index (χ0v) is 14.2. The van der Waals surface area contributed by atoms with Crippen LogP contribution in [-0.2, 0) is 19.1 Å². The zero-order chi connectivity index (χ0) is 17.9. The van der Waals surface area contributed by atoms with Gasteiger partial charge in [-0.15, -0.1) is 0 Å². The molecule has 0 saturated carbocycles. The Morgan fingerprint density at radius 2 is 1.92 bits per heavy atom. The number of rotatable bonds is 9. The van der Waals surface area contributed by atoms with Crippen LogP contribution in [0.2, 0.25) is 0 Å². The summed E-state index contributed by atoms with van der Waals surface area (Å²) in [5.41, 5.74) is 1.21. The monoisotopic (exact) mass is 337 g/mol. The number of hydrogen-bond acceptors (Lipinski definition) is 6. The Hall–Kier alpha value is -2.57. The van der Waals surface area contributed by atoms with Crippen LogP contribution in [0.25, 0.3) is 0 Å². The van der Waals surface area contributed by atoms with E-state index in [1.165, 1.54) is 7.11 Å². The third-order valence-corrected chi connectivity index (χ3v) is 3.16. The number of esters is 2. The molecule has 0 fully saturated rings.